The Bertz CT molecular complexity index is 1150. The molecule has 0 radical (unpaired) electrons. The summed E-state index contributed by atoms with van der Waals surface area (Å²) < 4.78 is 25.4. The number of hydrogen-bond acceptors (Lipinski definition) is 5. The molecule has 1 fully saturated rings. The first-order valence-corrected chi connectivity index (χ1v) is 11.3. The minimum absolute atomic E-state index is 0.240. The molecule has 1 saturated heterocycles. The van der Waals surface area contributed by atoms with Crippen molar-refractivity contribution >= 4 is 27.5 Å². The third-order valence-corrected chi connectivity index (χ3v) is 5.42. The number of nitrogens with two attached hydrogens (primary N) is 1. The number of pyridine rings is 2. The fraction of sp³-hybridized carbons (Fsp3) is 0.308. The van der Waals surface area contributed by atoms with E-state index < -0.39 is 0 Å². The average Bonchev–Trinajstić information content (AvgIpc) is 3.36. The van der Waals surface area contributed by atoms with Crippen LogP contribution in [-0.4, -0.2) is 48.1 Å². The Kier molecular flexibility index (Phi) is 9.47. The van der Waals surface area contributed by atoms with Crippen molar-refractivity contribution in [1.29, 1.82) is 0 Å². The zero-order valence-corrected chi connectivity index (χ0v) is 19.0. The van der Waals surface area contributed by atoms with E-state index in [-0.39, 0.29) is 11.6 Å². The summed E-state index contributed by atoms with van der Waals surface area (Å²) in [7, 11) is 1.83. The third kappa shape index (κ3) is 7.44. The van der Waals surface area contributed by atoms with E-state index in [0.29, 0.717) is 11.0 Å². The molecule has 0 spiro atoms. The number of hydrogen-bond donors (Lipinski definition) is 2. The molecule has 0 aliphatic carbocycles. The van der Waals surface area contributed by atoms with Crippen molar-refractivity contribution in [2.24, 2.45) is 5.73 Å². The summed E-state index contributed by atoms with van der Waals surface area (Å²) in [5.74, 6) is -0.496. The third-order valence-electron chi connectivity index (χ3n) is 5.42. The van der Waals surface area contributed by atoms with Crippen molar-refractivity contribution in [2.75, 3.05) is 38.5 Å². The number of likely N-dealkylation sites (tertiary alicyclic amines) is 1. The minimum atomic E-state index is -0.256. The molecular formula is C26H31F2N5. The Morgan fingerprint density at radius 2 is 1.61 bits per heavy atom. The lowest BCUT2D eigenvalue weighted by molar-refractivity contribution is 0.336. The van der Waals surface area contributed by atoms with Gasteiger partial charge < -0.3 is 16.0 Å². The molecular weight excluding hydrogens is 420 g/mol. The van der Waals surface area contributed by atoms with Crippen molar-refractivity contribution in [2.45, 2.75) is 19.3 Å². The molecule has 3 N–H and O–H groups in total. The molecule has 0 bridgehead atoms. The Morgan fingerprint density at radius 1 is 0.909 bits per heavy atom. The Labute approximate surface area is 193 Å². The van der Waals surface area contributed by atoms with Crippen molar-refractivity contribution < 1.29 is 8.78 Å². The lowest BCUT2D eigenvalue weighted by atomic mass is 10.2. The Balaban J connectivity index is 0.000000142. The van der Waals surface area contributed by atoms with Gasteiger partial charge in [-0.2, -0.15) is 0 Å². The molecule has 2 aromatic heterocycles. The molecule has 1 aliphatic rings. The Morgan fingerprint density at radius 3 is 2.33 bits per heavy atom. The quantitative estimate of drug-likeness (QED) is 0.445. The minimum Gasteiger partial charge on any atom is -0.388 e. The summed E-state index contributed by atoms with van der Waals surface area (Å²) in [6.45, 7) is 4.67. The summed E-state index contributed by atoms with van der Waals surface area (Å²) in [5, 5.41) is 4.93. The standard InChI is InChI=1S/C10H9FN2.C9H6FN.C7H16N2/c1-12-9-4-5-13-10-6-7(11)2-3-8(9)10;10-8-4-3-7-2-1-5-11-9(7)6-8;8-4-3-7-9-5-1-2-6-9/h2-6H,1H3,(H,12,13);1-6H;1-8H2. The van der Waals surface area contributed by atoms with Crippen molar-refractivity contribution in [1.82, 2.24) is 14.9 Å². The maximum absolute atomic E-state index is 12.8. The molecule has 2 aromatic carbocycles. The predicted octanol–water partition coefficient (Wildman–Crippen LogP) is 5.22. The van der Waals surface area contributed by atoms with Gasteiger partial charge in [0.1, 0.15) is 11.6 Å². The van der Waals surface area contributed by atoms with E-state index in [0.717, 1.165) is 23.0 Å². The van der Waals surface area contributed by atoms with E-state index in [1.807, 2.05) is 25.2 Å². The largest absolute Gasteiger partial charge is 0.388 e. The van der Waals surface area contributed by atoms with Crippen LogP contribution in [-0.2, 0) is 0 Å². The maximum atomic E-state index is 12.8. The van der Waals surface area contributed by atoms with E-state index in [1.165, 1.54) is 63.2 Å². The fourth-order valence-corrected chi connectivity index (χ4v) is 3.70. The zero-order valence-electron chi connectivity index (χ0n) is 19.0. The highest BCUT2D eigenvalue weighted by atomic mass is 19.1. The molecule has 3 heterocycles. The maximum Gasteiger partial charge on any atom is 0.125 e. The second-order valence-corrected chi connectivity index (χ2v) is 7.80. The van der Waals surface area contributed by atoms with Gasteiger partial charge in [0.25, 0.3) is 0 Å². The smallest absolute Gasteiger partial charge is 0.125 e. The topological polar surface area (TPSA) is 67.1 Å². The Hall–Kier alpha value is -3.16. The van der Waals surface area contributed by atoms with Crippen LogP contribution in [0.15, 0.2) is 67.0 Å². The van der Waals surface area contributed by atoms with Crippen molar-refractivity contribution in [3.05, 3.63) is 78.6 Å². The summed E-state index contributed by atoms with van der Waals surface area (Å²) in [6.07, 6.45) is 7.27. The second kappa shape index (κ2) is 12.8. The van der Waals surface area contributed by atoms with Gasteiger partial charge in [-0.25, -0.2) is 8.78 Å². The number of anilines is 1. The molecule has 7 heteroatoms. The van der Waals surface area contributed by atoms with Crippen LogP contribution in [0.5, 0.6) is 0 Å². The van der Waals surface area contributed by atoms with Gasteiger partial charge in [0.05, 0.1) is 11.0 Å². The molecule has 0 atom stereocenters. The van der Waals surface area contributed by atoms with Gasteiger partial charge >= 0.3 is 0 Å². The van der Waals surface area contributed by atoms with Crippen LogP contribution in [0.25, 0.3) is 21.8 Å². The highest BCUT2D eigenvalue weighted by Crippen LogP contribution is 2.21. The van der Waals surface area contributed by atoms with Crippen molar-refractivity contribution in [3.8, 4) is 0 Å². The zero-order chi connectivity index (χ0) is 23.5. The van der Waals surface area contributed by atoms with Crippen molar-refractivity contribution in [3.63, 3.8) is 0 Å². The van der Waals surface area contributed by atoms with Gasteiger partial charge in [0, 0.05) is 48.0 Å². The van der Waals surface area contributed by atoms with Gasteiger partial charge in [-0.05, 0) is 81.8 Å². The molecule has 0 amide bonds. The molecule has 1 aliphatic heterocycles. The molecule has 5 nitrogen and oxygen atoms in total. The molecule has 33 heavy (non-hydrogen) atoms. The number of rotatable bonds is 4. The summed E-state index contributed by atoms with van der Waals surface area (Å²) >= 11 is 0. The molecule has 0 unspecified atom stereocenters. The number of fused-ring (bicyclic) bond motifs is 2. The van der Waals surface area contributed by atoms with Crippen LogP contribution >= 0.6 is 0 Å². The first-order chi connectivity index (χ1) is 16.1. The highest BCUT2D eigenvalue weighted by molar-refractivity contribution is 5.90. The van der Waals surface area contributed by atoms with Crippen LogP contribution in [0.4, 0.5) is 14.5 Å². The lowest BCUT2D eigenvalue weighted by Gasteiger charge is -2.12. The van der Waals surface area contributed by atoms with E-state index >= 15 is 0 Å². The summed E-state index contributed by atoms with van der Waals surface area (Å²) in [6, 6.07) is 14.8. The van der Waals surface area contributed by atoms with E-state index in [2.05, 4.69) is 20.2 Å². The second-order valence-electron chi connectivity index (χ2n) is 7.80. The van der Waals surface area contributed by atoms with E-state index in [4.69, 9.17) is 5.73 Å². The van der Waals surface area contributed by atoms with Crippen LogP contribution in [0.2, 0.25) is 0 Å². The van der Waals surface area contributed by atoms with Gasteiger partial charge in [0.15, 0.2) is 0 Å². The first-order valence-electron chi connectivity index (χ1n) is 11.3. The number of nitrogens with zero attached hydrogens (tertiary/aromatic N) is 3. The lowest BCUT2D eigenvalue weighted by Crippen LogP contribution is -2.22. The monoisotopic (exact) mass is 451 g/mol. The average molecular weight is 452 g/mol. The predicted molar refractivity (Wildman–Crippen MR) is 132 cm³/mol. The number of halogens is 2. The van der Waals surface area contributed by atoms with Crippen LogP contribution in [0.3, 0.4) is 0 Å². The SMILES string of the molecule is CNc1ccnc2cc(F)ccc12.Fc1ccc2cccnc2c1.NCCCN1CCCC1. The summed E-state index contributed by atoms with van der Waals surface area (Å²) in [5.41, 5.74) is 7.72. The van der Waals surface area contributed by atoms with Crippen LogP contribution in [0, 0.1) is 11.6 Å². The van der Waals surface area contributed by atoms with Gasteiger partial charge in [-0.1, -0.05) is 6.07 Å². The number of benzene rings is 2. The van der Waals surface area contributed by atoms with E-state index in [9.17, 15) is 8.78 Å². The molecule has 4 aromatic rings. The van der Waals surface area contributed by atoms with Crippen LogP contribution in [0.1, 0.15) is 19.3 Å². The van der Waals surface area contributed by atoms with Gasteiger partial charge in [0.2, 0.25) is 0 Å². The molecule has 174 valence electrons. The number of aromatic nitrogens is 2. The van der Waals surface area contributed by atoms with Gasteiger partial charge in [-0.3, -0.25) is 9.97 Å². The highest BCUT2D eigenvalue weighted by Gasteiger charge is 2.09. The first kappa shape index (κ1) is 24.5. The molecule has 0 saturated carbocycles. The van der Waals surface area contributed by atoms with E-state index in [1.54, 1.807) is 24.5 Å². The fourth-order valence-electron chi connectivity index (χ4n) is 3.70. The summed E-state index contributed by atoms with van der Waals surface area (Å²) in [4.78, 5) is 10.6. The normalized spacial score (nSPS) is 13.2. The molecule has 5 rings (SSSR count). The van der Waals surface area contributed by atoms with Gasteiger partial charge in [-0.15, -0.1) is 0 Å². The van der Waals surface area contributed by atoms with Crippen LogP contribution < -0.4 is 11.1 Å². The number of nitrogens with one attached hydrogen (secondary N) is 1.